The van der Waals surface area contributed by atoms with Gasteiger partial charge in [-0.15, -0.1) is 11.6 Å². The van der Waals surface area contributed by atoms with E-state index in [4.69, 9.17) is 21.1 Å². The lowest BCUT2D eigenvalue weighted by Gasteiger charge is -2.15. The van der Waals surface area contributed by atoms with Crippen molar-refractivity contribution in [1.29, 1.82) is 0 Å². The average molecular weight is 370 g/mol. The molecule has 0 bridgehead atoms. The molecule has 0 radical (unpaired) electrons. The molecule has 1 aromatic carbocycles. The first-order valence-corrected chi connectivity index (χ1v) is 10.0. The minimum absolute atomic E-state index is 0.0571. The third-order valence-corrected chi connectivity index (χ3v) is 7.12. The highest BCUT2D eigenvalue weighted by Gasteiger charge is 2.39. The molecule has 0 spiro atoms. The third kappa shape index (κ3) is 3.65. The number of hydrogen-bond acceptors (Lipinski definition) is 6. The van der Waals surface area contributed by atoms with Gasteiger partial charge in [0.1, 0.15) is 0 Å². The van der Waals surface area contributed by atoms with Crippen LogP contribution in [0.5, 0.6) is 11.5 Å². The zero-order valence-corrected chi connectivity index (χ0v) is 14.3. The minimum Gasteiger partial charge on any atom is -0.493 e. The number of alkyl halides is 1. The van der Waals surface area contributed by atoms with Crippen LogP contribution in [-0.4, -0.2) is 54.0 Å². The van der Waals surface area contributed by atoms with E-state index in [9.17, 15) is 16.8 Å². The van der Waals surface area contributed by atoms with Crippen LogP contribution >= 0.6 is 11.6 Å². The van der Waals surface area contributed by atoms with Crippen LogP contribution in [0.15, 0.2) is 23.1 Å². The molecule has 0 saturated carbocycles. The molecule has 1 aromatic rings. The van der Waals surface area contributed by atoms with Crippen LogP contribution in [0.3, 0.4) is 0 Å². The summed E-state index contributed by atoms with van der Waals surface area (Å²) in [7, 11) is -4.42. The Labute approximate surface area is 134 Å². The van der Waals surface area contributed by atoms with Crippen molar-refractivity contribution in [3.8, 4) is 11.5 Å². The summed E-state index contributed by atoms with van der Waals surface area (Å²) in [6.45, 7) is 0. The molecule has 10 heteroatoms. The summed E-state index contributed by atoms with van der Waals surface area (Å²) in [6.07, 6.45) is 0. The van der Waals surface area contributed by atoms with E-state index >= 15 is 0 Å². The Bertz CT molecular complexity index is 762. The van der Waals surface area contributed by atoms with E-state index in [0.29, 0.717) is 5.75 Å². The maximum absolute atomic E-state index is 12.4. The van der Waals surface area contributed by atoms with Gasteiger partial charge in [-0.3, -0.25) is 0 Å². The fraction of sp³-hybridized carbons (Fsp3) is 0.500. The molecule has 22 heavy (non-hydrogen) atoms. The molecule has 7 nitrogen and oxygen atoms in total. The fourth-order valence-electron chi connectivity index (χ4n) is 2.16. The van der Waals surface area contributed by atoms with Crippen molar-refractivity contribution >= 4 is 31.5 Å². The summed E-state index contributed by atoms with van der Waals surface area (Å²) >= 11 is 5.91. The molecule has 1 aliphatic heterocycles. The SMILES string of the molecule is COc1ccc(S(=O)(=O)N[C@H]2CS(=O)(=O)C[C@H]2Cl)cc1OC. The Balaban J connectivity index is 2.28. The topological polar surface area (TPSA) is 98.8 Å². The van der Waals surface area contributed by atoms with E-state index in [0.717, 1.165) is 0 Å². The van der Waals surface area contributed by atoms with Crippen molar-refractivity contribution in [2.24, 2.45) is 0 Å². The summed E-state index contributed by atoms with van der Waals surface area (Å²) in [5.74, 6) is 0.0911. The monoisotopic (exact) mass is 369 g/mol. The number of nitrogens with one attached hydrogen (secondary N) is 1. The highest BCUT2D eigenvalue weighted by molar-refractivity contribution is 7.92. The molecule has 1 N–H and O–H groups in total. The highest BCUT2D eigenvalue weighted by Crippen LogP contribution is 2.30. The van der Waals surface area contributed by atoms with Gasteiger partial charge in [0, 0.05) is 6.07 Å². The highest BCUT2D eigenvalue weighted by atomic mass is 35.5. The van der Waals surface area contributed by atoms with Crippen LogP contribution in [0.2, 0.25) is 0 Å². The molecule has 0 aliphatic carbocycles. The van der Waals surface area contributed by atoms with Crippen LogP contribution < -0.4 is 14.2 Å². The quantitative estimate of drug-likeness (QED) is 0.754. The number of rotatable bonds is 5. The van der Waals surface area contributed by atoms with Gasteiger partial charge in [0.2, 0.25) is 10.0 Å². The molecule has 1 fully saturated rings. The number of halogens is 1. The summed E-state index contributed by atoms with van der Waals surface area (Å²) in [5, 5.41) is -0.792. The first-order chi connectivity index (χ1) is 10.2. The Morgan fingerprint density at radius 1 is 1.18 bits per heavy atom. The molecule has 1 saturated heterocycles. The lowest BCUT2D eigenvalue weighted by Crippen LogP contribution is -2.40. The van der Waals surface area contributed by atoms with Crippen LogP contribution in [0.25, 0.3) is 0 Å². The summed E-state index contributed by atoms with van der Waals surface area (Å²) in [5.41, 5.74) is 0. The molecular weight excluding hydrogens is 354 g/mol. The number of benzene rings is 1. The Morgan fingerprint density at radius 3 is 2.32 bits per heavy atom. The van der Waals surface area contributed by atoms with Gasteiger partial charge in [0.25, 0.3) is 0 Å². The second-order valence-electron chi connectivity index (χ2n) is 4.84. The molecule has 124 valence electrons. The van der Waals surface area contributed by atoms with Crippen molar-refractivity contribution in [2.75, 3.05) is 25.7 Å². The maximum Gasteiger partial charge on any atom is 0.241 e. The van der Waals surface area contributed by atoms with E-state index in [1.54, 1.807) is 0 Å². The number of sulfonamides is 1. The number of sulfone groups is 1. The van der Waals surface area contributed by atoms with Gasteiger partial charge in [-0.05, 0) is 12.1 Å². The largest absolute Gasteiger partial charge is 0.493 e. The molecule has 2 rings (SSSR count). The van der Waals surface area contributed by atoms with Crippen molar-refractivity contribution in [2.45, 2.75) is 16.3 Å². The molecule has 2 atom stereocenters. The fourth-order valence-corrected chi connectivity index (χ4v) is 6.19. The Hall–Kier alpha value is -1.03. The first-order valence-electron chi connectivity index (χ1n) is 6.27. The number of ether oxygens (including phenoxy) is 2. The van der Waals surface area contributed by atoms with Crippen molar-refractivity contribution < 1.29 is 26.3 Å². The van der Waals surface area contributed by atoms with Gasteiger partial charge in [-0.2, -0.15) is 0 Å². The van der Waals surface area contributed by atoms with Gasteiger partial charge in [-0.25, -0.2) is 21.6 Å². The predicted molar refractivity (Wildman–Crippen MR) is 82.0 cm³/mol. The average Bonchev–Trinajstić information content (AvgIpc) is 2.69. The second-order valence-corrected chi connectivity index (χ2v) is 9.27. The summed E-state index contributed by atoms with van der Waals surface area (Å²) in [6, 6.07) is 3.24. The summed E-state index contributed by atoms with van der Waals surface area (Å²) < 4.78 is 60.1. The lowest BCUT2D eigenvalue weighted by atomic mass is 10.3. The van der Waals surface area contributed by atoms with E-state index in [1.807, 2.05) is 0 Å². The van der Waals surface area contributed by atoms with Crippen LogP contribution in [0.4, 0.5) is 0 Å². The summed E-state index contributed by atoms with van der Waals surface area (Å²) in [4.78, 5) is -0.0571. The molecule has 1 heterocycles. The molecule has 1 aliphatic rings. The third-order valence-electron chi connectivity index (χ3n) is 3.26. The lowest BCUT2D eigenvalue weighted by molar-refractivity contribution is 0.354. The van der Waals surface area contributed by atoms with Crippen LogP contribution in [-0.2, 0) is 19.9 Å². The molecule has 0 unspecified atom stereocenters. The smallest absolute Gasteiger partial charge is 0.241 e. The standard InChI is InChI=1S/C12H16ClNO6S2/c1-19-11-4-3-8(5-12(11)20-2)22(17,18)14-10-7-21(15,16)6-9(10)13/h3-5,9-10,14H,6-7H2,1-2H3/t9-,10+/m1/s1. The molecule has 0 aromatic heterocycles. The van der Waals surface area contributed by atoms with Gasteiger partial charge >= 0.3 is 0 Å². The zero-order valence-electron chi connectivity index (χ0n) is 11.9. The zero-order chi connectivity index (χ0) is 16.5. The minimum atomic E-state index is -3.92. The molecule has 0 amide bonds. The maximum atomic E-state index is 12.4. The normalized spacial score (nSPS) is 24.1. The Morgan fingerprint density at radius 2 is 1.82 bits per heavy atom. The van der Waals surface area contributed by atoms with Crippen molar-refractivity contribution in [1.82, 2.24) is 4.72 Å². The first kappa shape index (κ1) is 17.3. The van der Waals surface area contributed by atoms with Crippen molar-refractivity contribution in [3.05, 3.63) is 18.2 Å². The predicted octanol–water partition coefficient (Wildman–Crippen LogP) is 0.386. The molecular formula is C12H16ClNO6S2. The van der Waals surface area contributed by atoms with E-state index in [1.165, 1.54) is 32.4 Å². The van der Waals surface area contributed by atoms with Gasteiger partial charge in [-0.1, -0.05) is 0 Å². The van der Waals surface area contributed by atoms with Crippen LogP contribution in [0, 0.1) is 0 Å². The van der Waals surface area contributed by atoms with E-state index in [2.05, 4.69) is 4.72 Å². The van der Waals surface area contributed by atoms with E-state index < -0.39 is 31.3 Å². The number of hydrogen-bond donors (Lipinski definition) is 1. The van der Waals surface area contributed by atoms with Gasteiger partial charge in [0.15, 0.2) is 21.3 Å². The van der Waals surface area contributed by atoms with Gasteiger partial charge < -0.3 is 9.47 Å². The van der Waals surface area contributed by atoms with Gasteiger partial charge in [0.05, 0.1) is 42.0 Å². The van der Waals surface area contributed by atoms with Crippen molar-refractivity contribution in [3.63, 3.8) is 0 Å². The number of methoxy groups -OCH3 is 2. The Kier molecular flexibility index (Phi) is 4.90. The van der Waals surface area contributed by atoms with E-state index in [-0.39, 0.29) is 22.2 Å². The second kappa shape index (κ2) is 6.23. The van der Waals surface area contributed by atoms with Crippen LogP contribution in [0.1, 0.15) is 0 Å².